The summed E-state index contributed by atoms with van der Waals surface area (Å²) >= 11 is 0. The Balaban J connectivity index is 2.33. The Morgan fingerprint density at radius 3 is 2.56 bits per heavy atom. The summed E-state index contributed by atoms with van der Waals surface area (Å²) in [5, 5.41) is 10.2. The van der Waals surface area contributed by atoms with E-state index >= 15 is 0 Å². The predicted octanol–water partition coefficient (Wildman–Crippen LogP) is 2.18. The van der Waals surface area contributed by atoms with E-state index in [1.54, 1.807) is 18.2 Å². The lowest BCUT2D eigenvalue weighted by atomic mass is 9.91. The first-order chi connectivity index (χ1) is 7.67. The Morgan fingerprint density at radius 2 is 1.94 bits per heavy atom. The molecule has 1 aromatic rings. The quantitative estimate of drug-likeness (QED) is 0.794. The molecular formula is C13H16O3. The number of aliphatic hydroxyl groups is 1. The lowest BCUT2D eigenvalue weighted by Crippen LogP contribution is -2.35. The minimum absolute atomic E-state index is 0.206. The van der Waals surface area contributed by atoms with Crippen molar-refractivity contribution in [1.29, 1.82) is 0 Å². The van der Waals surface area contributed by atoms with Crippen molar-refractivity contribution in [2.24, 2.45) is 0 Å². The molecule has 1 aliphatic carbocycles. The van der Waals surface area contributed by atoms with E-state index in [9.17, 15) is 9.90 Å². The van der Waals surface area contributed by atoms with Crippen molar-refractivity contribution in [1.82, 2.24) is 0 Å². The average molecular weight is 220 g/mol. The number of rotatable bonds is 3. The standard InChI is InChI=1S/C13H16O3/c1-16-11-7-3-2-6-10(11)12(14)13(15)8-4-5-9-13/h2-3,6-7,15H,4-5,8-9H2,1H3. The van der Waals surface area contributed by atoms with Crippen LogP contribution < -0.4 is 4.74 Å². The van der Waals surface area contributed by atoms with Gasteiger partial charge in [-0.05, 0) is 37.8 Å². The zero-order chi connectivity index (χ0) is 11.6. The second-order valence-corrected chi connectivity index (χ2v) is 4.27. The van der Waals surface area contributed by atoms with Gasteiger partial charge in [-0.2, -0.15) is 0 Å². The fraction of sp³-hybridized carbons (Fsp3) is 0.462. The maximum absolute atomic E-state index is 12.2. The SMILES string of the molecule is COc1ccccc1C(=O)C1(O)CCCC1. The van der Waals surface area contributed by atoms with Gasteiger partial charge < -0.3 is 9.84 Å². The van der Waals surface area contributed by atoms with Gasteiger partial charge in [-0.1, -0.05) is 12.1 Å². The molecule has 3 heteroatoms. The van der Waals surface area contributed by atoms with Crippen molar-refractivity contribution in [3.63, 3.8) is 0 Å². The Bertz CT molecular complexity index is 392. The number of carbonyl (C=O) groups is 1. The average Bonchev–Trinajstić information content (AvgIpc) is 2.76. The van der Waals surface area contributed by atoms with Crippen molar-refractivity contribution >= 4 is 5.78 Å². The maximum atomic E-state index is 12.2. The van der Waals surface area contributed by atoms with Crippen LogP contribution in [0.5, 0.6) is 5.75 Å². The summed E-state index contributed by atoms with van der Waals surface area (Å²) < 4.78 is 5.14. The van der Waals surface area contributed by atoms with E-state index in [0.717, 1.165) is 12.8 Å². The molecule has 2 rings (SSSR count). The Hall–Kier alpha value is -1.35. The molecule has 0 bridgehead atoms. The number of benzene rings is 1. The monoisotopic (exact) mass is 220 g/mol. The molecule has 1 aliphatic rings. The molecule has 86 valence electrons. The van der Waals surface area contributed by atoms with Gasteiger partial charge in [0.15, 0.2) is 5.78 Å². The van der Waals surface area contributed by atoms with Crippen LogP contribution in [0.15, 0.2) is 24.3 Å². The van der Waals surface area contributed by atoms with Crippen LogP contribution in [0, 0.1) is 0 Å². The number of hydrogen-bond acceptors (Lipinski definition) is 3. The van der Waals surface area contributed by atoms with Crippen LogP contribution in [0.1, 0.15) is 36.0 Å². The van der Waals surface area contributed by atoms with E-state index in [2.05, 4.69) is 0 Å². The first kappa shape index (κ1) is 11.1. The summed E-state index contributed by atoms with van der Waals surface area (Å²) in [6.07, 6.45) is 2.95. The van der Waals surface area contributed by atoms with Crippen LogP contribution in [0.3, 0.4) is 0 Å². The van der Waals surface area contributed by atoms with E-state index in [1.807, 2.05) is 6.07 Å². The summed E-state index contributed by atoms with van der Waals surface area (Å²) in [5.41, 5.74) is -0.691. The number of para-hydroxylation sites is 1. The van der Waals surface area contributed by atoms with E-state index < -0.39 is 5.60 Å². The molecule has 0 aromatic heterocycles. The highest BCUT2D eigenvalue weighted by molar-refractivity contribution is 6.04. The molecule has 0 radical (unpaired) electrons. The van der Waals surface area contributed by atoms with Gasteiger partial charge >= 0.3 is 0 Å². The van der Waals surface area contributed by atoms with Crippen LogP contribution in [-0.4, -0.2) is 23.6 Å². The number of carbonyl (C=O) groups excluding carboxylic acids is 1. The first-order valence-electron chi connectivity index (χ1n) is 5.57. The molecule has 1 aromatic carbocycles. The van der Waals surface area contributed by atoms with Crippen molar-refractivity contribution in [3.05, 3.63) is 29.8 Å². The lowest BCUT2D eigenvalue weighted by molar-refractivity contribution is 0.0350. The number of hydrogen-bond donors (Lipinski definition) is 1. The molecule has 0 atom stereocenters. The fourth-order valence-corrected chi connectivity index (χ4v) is 2.27. The van der Waals surface area contributed by atoms with Gasteiger partial charge in [0.1, 0.15) is 11.4 Å². The number of Topliss-reactive ketones (excluding diaryl/α,β-unsaturated/α-hetero) is 1. The van der Waals surface area contributed by atoms with Crippen LogP contribution in [0.25, 0.3) is 0 Å². The van der Waals surface area contributed by atoms with Gasteiger partial charge in [-0.15, -0.1) is 0 Å². The van der Waals surface area contributed by atoms with Gasteiger partial charge in [0, 0.05) is 0 Å². The lowest BCUT2D eigenvalue weighted by Gasteiger charge is -2.21. The van der Waals surface area contributed by atoms with E-state index in [1.165, 1.54) is 7.11 Å². The van der Waals surface area contributed by atoms with Crippen molar-refractivity contribution in [2.75, 3.05) is 7.11 Å². The highest BCUT2D eigenvalue weighted by Crippen LogP contribution is 2.34. The van der Waals surface area contributed by atoms with E-state index in [-0.39, 0.29) is 5.78 Å². The van der Waals surface area contributed by atoms with E-state index in [0.29, 0.717) is 24.2 Å². The second kappa shape index (κ2) is 4.26. The van der Waals surface area contributed by atoms with Crippen LogP contribution in [0.4, 0.5) is 0 Å². The summed E-state index contributed by atoms with van der Waals surface area (Å²) in [5.74, 6) is 0.329. The zero-order valence-electron chi connectivity index (χ0n) is 9.40. The molecule has 16 heavy (non-hydrogen) atoms. The van der Waals surface area contributed by atoms with Gasteiger partial charge in [0.2, 0.25) is 0 Å². The normalized spacial score (nSPS) is 18.4. The molecule has 0 spiro atoms. The minimum atomic E-state index is -1.17. The third-order valence-electron chi connectivity index (χ3n) is 3.20. The molecule has 3 nitrogen and oxygen atoms in total. The molecule has 0 aliphatic heterocycles. The molecule has 1 N–H and O–H groups in total. The van der Waals surface area contributed by atoms with E-state index in [4.69, 9.17) is 4.74 Å². The molecule has 1 saturated carbocycles. The molecule has 0 amide bonds. The Morgan fingerprint density at radius 1 is 1.31 bits per heavy atom. The van der Waals surface area contributed by atoms with Crippen LogP contribution in [-0.2, 0) is 0 Å². The molecule has 1 fully saturated rings. The summed E-state index contributed by atoms with van der Waals surface area (Å²) in [6.45, 7) is 0. The van der Waals surface area contributed by atoms with Gasteiger partial charge in [0.25, 0.3) is 0 Å². The number of ether oxygens (including phenoxy) is 1. The Kier molecular flexibility index (Phi) is 2.97. The van der Waals surface area contributed by atoms with Crippen molar-refractivity contribution in [2.45, 2.75) is 31.3 Å². The number of methoxy groups -OCH3 is 1. The van der Waals surface area contributed by atoms with Crippen LogP contribution in [0.2, 0.25) is 0 Å². The largest absolute Gasteiger partial charge is 0.496 e. The topological polar surface area (TPSA) is 46.5 Å². The Labute approximate surface area is 95.0 Å². The first-order valence-corrected chi connectivity index (χ1v) is 5.57. The molecule has 0 heterocycles. The summed E-state index contributed by atoms with van der Waals surface area (Å²) in [7, 11) is 1.53. The molecular weight excluding hydrogens is 204 g/mol. The zero-order valence-corrected chi connectivity index (χ0v) is 9.40. The van der Waals surface area contributed by atoms with Gasteiger partial charge in [-0.25, -0.2) is 0 Å². The minimum Gasteiger partial charge on any atom is -0.496 e. The number of ketones is 1. The molecule has 0 unspecified atom stereocenters. The third kappa shape index (κ3) is 1.83. The summed E-state index contributed by atoms with van der Waals surface area (Å²) in [4.78, 5) is 12.2. The van der Waals surface area contributed by atoms with Crippen LogP contribution >= 0.6 is 0 Å². The smallest absolute Gasteiger partial charge is 0.198 e. The predicted molar refractivity (Wildman–Crippen MR) is 60.7 cm³/mol. The van der Waals surface area contributed by atoms with Crippen molar-refractivity contribution in [3.8, 4) is 5.75 Å². The molecule has 0 saturated heterocycles. The highest BCUT2D eigenvalue weighted by atomic mass is 16.5. The maximum Gasteiger partial charge on any atom is 0.198 e. The third-order valence-corrected chi connectivity index (χ3v) is 3.20. The van der Waals surface area contributed by atoms with Crippen molar-refractivity contribution < 1.29 is 14.6 Å². The highest BCUT2D eigenvalue weighted by Gasteiger charge is 2.40. The fourth-order valence-electron chi connectivity index (χ4n) is 2.27. The summed E-state index contributed by atoms with van der Waals surface area (Å²) in [6, 6.07) is 7.05. The second-order valence-electron chi connectivity index (χ2n) is 4.27. The van der Waals surface area contributed by atoms with Gasteiger partial charge in [0.05, 0.1) is 12.7 Å². The van der Waals surface area contributed by atoms with Gasteiger partial charge in [-0.3, -0.25) is 4.79 Å².